The maximum Gasteiger partial charge on any atom is 0.182 e. The summed E-state index contributed by atoms with van der Waals surface area (Å²) in [6.07, 6.45) is 6.67. The van der Waals surface area contributed by atoms with Crippen molar-refractivity contribution in [3.05, 3.63) is 24.3 Å². The molecule has 1 aromatic heterocycles. The highest BCUT2D eigenvalue weighted by molar-refractivity contribution is 5.60. The van der Waals surface area contributed by atoms with Crippen molar-refractivity contribution in [3.63, 3.8) is 0 Å². The van der Waals surface area contributed by atoms with Gasteiger partial charge in [0, 0.05) is 11.3 Å². The largest absolute Gasteiger partial charge is 0.399 e. The van der Waals surface area contributed by atoms with Crippen LogP contribution in [0.25, 0.3) is 11.4 Å². The third kappa shape index (κ3) is 3.58. The number of ether oxygens (including phenoxy) is 1. The van der Waals surface area contributed by atoms with Gasteiger partial charge in [0.1, 0.15) is 0 Å². The van der Waals surface area contributed by atoms with Crippen molar-refractivity contribution in [3.8, 4) is 11.4 Å². The van der Waals surface area contributed by atoms with E-state index in [1.807, 2.05) is 24.3 Å². The third-order valence-electron chi connectivity index (χ3n) is 3.89. The van der Waals surface area contributed by atoms with Crippen molar-refractivity contribution in [2.24, 2.45) is 0 Å². The predicted molar refractivity (Wildman–Crippen MR) is 80.5 cm³/mol. The molecule has 112 valence electrons. The monoisotopic (exact) mass is 287 g/mol. The molecule has 0 amide bonds. The molecular weight excluding hydrogens is 266 g/mol. The molecule has 6 nitrogen and oxygen atoms in total. The van der Waals surface area contributed by atoms with Gasteiger partial charge in [0.15, 0.2) is 5.82 Å². The molecule has 1 aliphatic carbocycles. The van der Waals surface area contributed by atoms with Gasteiger partial charge in [-0.1, -0.05) is 31.4 Å². The summed E-state index contributed by atoms with van der Waals surface area (Å²) in [6.45, 7) is 1.30. The highest BCUT2D eigenvalue weighted by Crippen LogP contribution is 2.21. The Bertz CT molecular complexity index is 577. The summed E-state index contributed by atoms with van der Waals surface area (Å²) in [6, 6.07) is 7.59. The first-order chi connectivity index (χ1) is 10.3. The fraction of sp³-hybridized carbons (Fsp3) is 0.533. The molecule has 1 aliphatic rings. The number of hydrogen-bond acceptors (Lipinski definition) is 5. The van der Waals surface area contributed by atoms with Crippen molar-refractivity contribution in [1.29, 1.82) is 0 Å². The number of rotatable bonds is 5. The third-order valence-corrected chi connectivity index (χ3v) is 3.89. The Kier molecular flexibility index (Phi) is 4.45. The summed E-state index contributed by atoms with van der Waals surface area (Å²) in [5, 5.41) is 11.9. The van der Waals surface area contributed by atoms with Gasteiger partial charge in [0.2, 0.25) is 0 Å². The van der Waals surface area contributed by atoms with E-state index in [0.29, 0.717) is 24.9 Å². The van der Waals surface area contributed by atoms with E-state index >= 15 is 0 Å². The van der Waals surface area contributed by atoms with Gasteiger partial charge in [-0.3, -0.25) is 0 Å². The van der Waals surface area contributed by atoms with E-state index in [2.05, 4.69) is 15.5 Å². The fourth-order valence-electron chi connectivity index (χ4n) is 2.78. The van der Waals surface area contributed by atoms with Crippen molar-refractivity contribution in [1.82, 2.24) is 20.2 Å². The van der Waals surface area contributed by atoms with Gasteiger partial charge in [-0.25, -0.2) is 4.68 Å². The van der Waals surface area contributed by atoms with Crippen LogP contribution < -0.4 is 5.73 Å². The van der Waals surface area contributed by atoms with Crippen LogP contribution in [0.2, 0.25) is 0 Å². The lowest BCUT2D eigenvalue weighted by Gasteiger charge is -2.21. The summed E-state index contributed by atoms with van der Waals surface area (Å²) in [4.78, 5) is 0. The molecular formula is C15H21N5O. The average molecular weight is 287 g/mol. The van der Waals surface area contributed by atoms with Crippen LogP contribution in [0.1, 0.15) is 32.1 Å². The lowest BCUT2D eigenvalue weighted by molar-refractivity contribution is 0.0228. The number of nitrogens with two attached hydrogens (primary N) is 1. The average Bonchev–Trinajstić information content (AvgIpc) is 2.97. The van der Waals surface area contributed by atoms with Gasteiger partial charge >= 0.3 is 0 Å². The van der Waals surface area contributed by atoms with Crippen molar-refractivity contribution >= 4 is 5.69 Å². The van der Waals surface area contributed by atoms with Gasteiger partial charge in [-0.05, 0) is 35.4 Å². The maximum absolute atomic E-state index is 5.93. The zero-order chi connectivity index (χ0) is 14.5. The van der Waals surface area contributed by atoms with Crippen LogP contribution in [0.5, 0.6) is 0 Å². The van der Waals surface area contributed by atoms with Crippen LogP contribution in [0.4, 0.5) is 5.69 Å². The molecule has 0 atom stereocenters. The lowest BCUT2D eigenvalue weighted by Crippen LogP contribution is -2.19. The summed E-state index contributed by atoms with van der Waals surface area (Å²) < 4.78 is 7.71. The quantitative estimate of drug-likeness (QED) is 0.853. The number of aromatic nitrogens is 4. The maximum atomic E-state index is 5.93. The van der Waals surface area contributed by atoms with Crippen molar-refractivity contribution < 1.29 is 4.74 Å². The normalized spacial score (nSPS) is 16.2. The first kappa shape index (κ1) is 14.0. The molecule has 0 spiro atoms. The van der Waals surface area contributed by atoms with Crippen molar-refractivity contribution in [2.45, 2.75) is 44.8 Å². The molecule has 0 bridgehead atoms. The summed E-state index contributed by atoms with van der Waals surface area (Å²) in [5.41, 5.74) is 7.45. The topological polar surface area (TPSA) is 78.9 Å². The number of nitrogen functional groups attached to an aromatic ring is 1. The van der Waals surface area contributed by atoms with Gasteiger partial charge < -0.3 is 10.5 Å². The van der Waals surface area contributed by atoms with E-state index < -0.39 is 0 Å². The number of nitrogens with zero attached hydrogens (tertiary/aromatic N) is 4. The Morgan fingerprint density at radius 1 is 1.24 bits per heavy atom. The van der Waals surface area contributed by atoms with Crippen LogP contribution in [0.15, 0.2) is 24.3 Å². The van der Waals surface area contributed by atoms with Crippen molar-refractivity contribution in [2.75, 3.05) is 12.3 Å². The minimum absolute atomic E-state index is 0.408. The first-order valence-electron chi connectivity index (χ1n) is 7.56. The zero-order valence-electron chi connectivity index (χ0n) is 12.1. The molecule has 3 rings (SSSR count). The predicted octanol–water partition coefficient (Wildman–Crippen LogP) is 2.27. The number of benzene rings is 1. The van der Waals surface area contributed by atoms with E-state index in [9.17, 15) is 0 Å². The van der Waals surface area contributed by atoms with E-state index in [4.69, 9.17) is 10.5 Å². The molecule has 0 unspecified atom stereocenters. The summed E-state index contributed by atoms with van der Waals surface area (Å²) in [5.74, 6) is 0.731. The molecule has 2 N–H and O–H groups in total. The first-order valence-corrected chi connectivity index (χ1v) is 7.56. The molecule has 1 fully saturated rings. The van der Waals surface area contributed by atoms with E-state index in [0.717, 1.165) is 11.4 Å². The molecule has 21 heavy (non-hydrogen) atoms. The highest BCUT2D eigenvalue weighted by atomic mass is 16.5. The molecule has 0 radical (unpaired) electrons. The molecule has 2 aromatic rings. The lowest BCUT2D eigenvalue weighted by atomic mass is 9.98. The van der Waals surface area contributed by atoms with E-state index in [-0.39, 0.29) is 0 Å². The van der Waals surface area contributed by atoms with Crippen LogP contribution in [0.3, 0.4) is 0 Å². The van der Waals surface area contributed by atoms with Crippen LogP contribution in [-0.2, 0) is 11.3 Å². The second kappa shape index (κ2) is 6.67. The Morgan fingerprint density at radius 3 is 2.90 bits per heavy atom. The Morgan fingerprint density at radius 2 is 2.10 bits per heavy atom. The minimum atomic E-state index is 0.408. The van der Waals surface area contributed by atoms with Gasteiger partial charge in [0.25, 0.3) is 0 Å². The summed E-state index contributed by atoms with van der Waals surface area (Å²) in [7, 11) is 0. The zero-order valence-corrected chi connectivity index (χ0v) is 12.1. The molecule has 1 aromatic carbocycles. The number of hydrogen-bond donors (Lipinski definition) is 1. The molecule has 1 saturated carbocycles. The van der Waals surface area contributed by atoms with Gasteiger partial charge in [0.05, 0.1) is 19.3 Å². The Hall–Kier alpha value is -1.95. The van der Waals surface area contributed by atoms with E-state index in [1.54, 1.807) is 4.68 Å². The number of anilines is 1. The molecule has 6 heteroatoms. The molecule has 0 aliphatic heterocycles. The SMILES string of the molecule is Nc1cccc(-c2nnnn2CCOC2CCCCC2)c1. The summed E-state index contributed by atoms with van der Waals surface area (Å²) >= 11 is 0. The Labute approximate surface area is 124 Å². The minimum Gasteiger partial charge on any atom is -0.399 e. The van der Waals surface area contributed by atoms with Gasteiger partial charge in [-0.2, -0.15) is 0 Å². The van der Waals surface area contributed by atoms with Crippen LogP contribution in [0, 0.1) is 0 Å². The standard InChI is InChI=1S/C15H21N5O/c16-13-6-4-5-12(11-13)15-17-18-19-20(15)9-10-21-14-7-2-1-3-8-14/h4-6,11,14H,1-3,7-10,16H2. The van der Waals surface area contributed by atoms with Crippen LogP contribution in [-0.4, -0.2) is 32.9 Å². The number of tetrazole rings is 1. The molecule has 0 saturated heterocycles. The van der Waals surface area contributed by atoms with Gasteiger partial charge in [-0.15, -0.1) is 5.10 Å². The molecule has 1 heterocycles. The van der Waals surface area contributed by atoms with Crippen LogP contribution >= 0.6 is 0 Å². The smallest absolute Gasteiger partial charge is 0.182 e. The Balaban J connectivity index is 1.60. The second-order valence-corrected chi connectivity index (χ2v) is 5.48. The highest BCUT2D eigenvalue weighted by Gasteiger charge is 2.14. The fourth-order valence-corrected chi connectivity index (χ4v) is 2.78. The second-order valence-electron chi connectivity index (χ2n) is 5.48. The van der Waals surface area contributed by atoms with E-state index in [1.165, 1.54) is 32.1 Å².